The average molecular weight is 307 g/mol. The summed E-state index contributed by atoms with van der Waals surface area (Å²) in [6.45, 7) is 2.69. The molecule has 6 N–H and O–H groups in total. The van der Waals surface area contributed by atoms with Crippen molar-refractivity contribution in [1.29, 1.82) is 0 Å². The van der Waals surface area contributed by atoms with E-state index in [1.54, 1.807) is 0 Å². The van der Waals surface area contributed by atoms with Crippen LogP contribution < -0.4 is 10.6 Å². The number of piperidine rings is 2. The lowest BCUT2D eigenvalue weighted by atomic mass is 10.1. The molecule has 18 heavy (non-hydrogen) atoms. The Morgan fingerprint density at radius 3 is 1.11 bits per heavy atom. The van der Waals surface area contributed by atoms with E-state index in [0.29, 0.717) is 25.9 Å². The zero-order valence-corrected chi connectivity index (χ0v) is 11.8. The van der Waals surface area contributed by atoms with Crippen molar-refractivity contribution >= 4 is 24.8 Å². The van der Waals surface area contributed by atoms with Gasteiger partial charge in [0.2, 0.25) is 0 Å². The van der Waals surface area contributed by atoms with Gasteiger partial charge in [0.25, 0.3) is 0 Å². The largest absolute Gasteiger partial charge is 0.390 e. The minimum absolute atomic E-state index is 0. The van der Waals surface area contributed by atoms with Crippen molar-refractivity contribution in [2.24, 2.45) is 0 Å². The van der Waals surface area contributed by atoms with E-state index >= 15 is 0 Å². The third-order valence-electron chi connectivity index (χ3n) is 2.83. The van der Waals surface area contributed by atoms with Gasteiger partial charge in [-0.15, -0.1) is 24.8 Å². The van der Waals surface area contributed by atoms with Gasteiger partial charge in [0, 0.05) is 13.1 Å². The van der Waals surface area contributed by atoms with Crippen LogP contribution in [0.25, 0.3) is 0 Å². The normalized spacial score (nSPS) is 35.3. The highest BCUT2D eigenvalue weighted by atomic mass is 35.5. The standard InChI is InChI=1S/2C5H11NO2.2ClH/c2*7-4-1-2-6-3-5(4)8;;/h2*4-8H,1-3H2;2*1H/t2*4-,5-;;/m10../s1. The summed E-state index contributed by atoms with van der Waals surface area (Å²) in [7, 11) is 0. The molecule has 8 heteroatoms. The Hall–Kier alpha value is 0.340. The van der Waals surface area contributed by atoms with E-state index in [2.05, 4.69) is 10.6 Å². The smallest absolute Gasteiger partial charge is 0.0923 e. The van der Waals surface area contributed by atoms with Crippen LogP contribution in [0.1, 0.15) is 12.8 Å². The third-order valence-corrected chi connectivity index (χ3v) is 2.83. The maximum atomic E-state index is 8.89. The molecule has 4 atom stereocenters. The molecular weight excluding hydrogens is 283 g/mol. The van der Waals surface area contributed by atoms with Crippen LogP contribution in [0.5, 0.6) is 0 Å². The van der Waals surface area contributed by atoms with Gasteiger partial charge in [0.05, 0.1) is 24.4 Å². The summed E-state index contributed by atoms with van der Waals surface area (Å²) in [5.74, 6) is 0. The Labute approximate surface area is 120 Å². The molecule has 0 bridgehead atoms. The molecule has 0 spiro atoms. The first-order valence-corrected chi connectivity index (χ1v) is 5.75. The summed E-state index contributed by atoms with van der Waals surface area (Å²) in [6, 6.07) is 0. The van der Waals surface area contributed by atoms with Gasteiger partial charge in [-0.1, -0.05) is 0 Å². The van der Waals surface area contributed by atoms with Crippen LogP contribution in [0, 0.1) is 0 Å². The zero-order valence-electron chi connectivity index (χ0n) is 10.2. The van der Waals surface area contributed by atoms with Gasteiger partial charge in [-0.2, -0.15) is 0 Å². The van der Waals surface area contributed by atoms with Gasteiger partial charge in [-0.25, -0.2) is 0 Å². The average Bonchev–Trinajstić information content (AvgIpc) is 2.28. The molecule has 2 heterocycles. The minimum atomic E-state index is -0.552. The van der Waals surface area contributed by atoms with Crippen LogP contribution in [0.3, 0.4) is 0 Å². The van der Waals surface area contributed by atoms with Crippen molar-refractivity contribution in [3.63, 3.8) is 0 Å². The van der Waals surface area contributed by atoms with Crippen LogP contribution in [0.15, 0.2) is 0 Å². The number of rotatable bonds is 0. The number of halogens is 2. The molecule has 112 valence electrons. The molecule has 0 amide bonds. The Kier molecular flexibility index (Phi) is 12.8. The fraction of sp³-hybridized carbons (Fsp3) is 1.00. The number of aliphatic hydroxyl groups excluding tert-OH is 4. The van der Waals surface area contributed by atoms with Gasteiger partial charge in [0.1, 0.15) is 0 Å². The lowest BCUT2D eigenvalue weighted by molar-refractivity contribution is 0.000431. The van der Waals surface area contributed by atoms with Crippen molar-refractivity contribution in [3.05, 3.63) is 0 Å². The van der Waals surface area contributed by atoms with E-state index in [9.17, 15) is 0 Å². The number of hydrogen-bond donors (Lipinski definition) is 6. The molecule has 0 aromatic heterocycles. The van der Waals surface area contributed by atoms with Gasteiger partial charge in [-0.05, 0) is 25.9 Å². The molecule has 0 unspecified atom stereocenters. The van der Waals surface area contributed by atoms with E-state index < -0.39 is 24.4 Å². The van der Waals surface area contributed by atoms with Gasteiger partial charge in [-0.3, -0.25) is 0 Å². The summed E-state index contributed by atoms with van der Waals surface area (Å²) in [4.78, 5) is 0. The van der Waals surface area contributed by atoms with Gasteiger partial charge in [0.15, 0.2) is 0 Å². The SMILES string of the molecule is Cl.Cl.O[C@@H]1CCNC[C@H]1O.O[C@H]1CCNC[C@@H]1O. The third kappa shape index (κ3) is 7.70. The molecule has 2 fully saturated rings. The quantitative estimate of drug-likeness (QED) is 0.317. The summed E-state index contributed by atoms with van der Waals surface area (Å²) < 4.78 is 0. The highest BCUT2D eigenvalue weighted by molar-refractivity contribution is 5.85. The second-order valence-corrected chi connectivity index (χ2v) is 4.25. The molecule has 0 radical (unpaired) electrons. The Morgan fingerprint density at radius 2 is 0.944 bits per heavy atom. The van der Waals surface area contributed by atoms with Gasteiger partial charge >= 0.3 is 0 Å². The maximum Gasteiger partial charge on any atom is 0.0923 e. The molecule has 2 rings (SSSR count). The summed E-state index contributed by atoms with van der Waals surface area (Å²) in [5.41, 5.74) is 0. The molecule has 2 aliphatic heterocycles. The highest BCUT2D eigenvalue weighted by Gasteiger charge is 2.19. The van der Waals surface area contributed by atoms with Crippen molar-refractivity contribution in [2.45, 2.75) is 37.3 Å². The second-order valence-electron chi connectivity index (χ2n) is 4.25. The first kappa shape index (κ1) is 20.7. The van der Waals surface area contributed by atoms with Crippen molar-refractivity contribution < 1.29 is 20.4 Å². The minimum Gasteiger partial charge on any atom is -0.390 e. The summed E-state index contributed by atoms with van der Waals surface area (Å²) in [5, 5.41) is 41.4. The van der Waals surface area contributed by atoms with E-state index in [4.69, 9.17) is 20.4 Å². The molecule has 0 aromatic carbocycles. The van der Waals surface area contributed by atoms with Crippen LogP contribution in [-0.4, -0.2) is 71.0 Å². The van der Waals surface area contributed by atoms with E-state index in [1.165, 1.54) is 0 Å². The lowest BCUT2D eigenvalue weighted by Crippen LogP contribution is -2.43. The van der Waals surface area contributed by atoms with E-state index in [0.717, 1.165) is 13.1 Å². The van der Waals surface area contributed by atoms with E-state index in [-0.39, 0.29) is 24.8 Å². The first-order valence-electron chi connectivity index (χ1n) is 5.75. The van der Waals surface area contributed by atoms with Crippen molar-refractivity contribution in [3.8, 4) is 0 Å². The van der Waals surface area contributed by atoms with E-state index in [1.807, 2.05) is 0 Å². The van der Waals surface area contributed by atoms with Crippen LogP contribution >= 0.6 is 24.8 Å². The predicted molar refractivity (Wildman–Crippen MR) is 73.5 cm³/mol. The Balaban J connectivity index is 0. The number of nitrogens with one attached hydrogen (secondary N) is 2. The predicted octanol–water partition coefficient (Wildman–Crippen LogP) is -1.75. The molecule has 2 aliphatic rings. The molecule has 2 saturated heterocycles. The maximum absolute atomic E-state index is 8.89. The molecular formula is C10H24Cl2N2O4. The Bertz CT molecular complexity index is 163. The molecule has 0 aromatic rings. The Morgan fingerprint density at radius 1 is 0.611 bits per heavy atom. The summed E-state index contributed by atoms with van der Waals surface area (Å²) in [6.07, 6.45) is -0.775. The van der Waals surface area contributed by atoms with Crippen molar-refractivity contribution in [2.75, 3.05) is 26.2 Å². The van der Waals surface area contributed by atoms with Crippen molar-refractivity contribution in [1.82, 2.24) is 10.6 Å². The number of aliphatic hydroxyl groups is 4. The number of β-amino-alcohol motifs (C(OH)–C–C–N with tert-alkyl or cyclic N) is 2. The topological polar surface area (TPSA) is 105 Å². The monoisotopic (exact) mass is 306 g/mol. The van der Waals surface area contributed by atoms with Gasteiger partial charge < -0.3 is 31.1 Å². The molecule has 6 nitrogen and oxygen atoms in total. The molecule has 0 aliphatic carbocycles. The van der Waals surface area contributed by atoms with Crippen LogP contribution in [-0.2, 0) is 0 Å². The zero-order chi connectivity index (χ0) is 12.0. The fourth-order valence-corrected chi connectivity index (χ4v) is 1.66. The first-order chi connectivity index (χ1) is 7.61. The second kappa shape index (κ2) is 11.2. The fourth-order valence-electron chi connectivity index (χ4n) is 1.66. The van der Waals surface area contributed by atoms with Crippen LogP contribution in [0.2, 0.25) is 0 Å². The highest BCUT2D eigenvalue weighted by Crippen LogP contribution is 2.01. The lowest BCUT2D eigenvalue weighted by Gasteiger charge is -2.23. The summed E-state index contributed by atoms with van der Waals surface area (Å²) >= 11 is 0. The molecule has 0 saturated carbocycles. The van der Waals surface area contributed by atoms with Crippen LogP contribution in [0.4, 0.5) is 0 Å². The number of hydrogen-bond acceptors (Lipinski definition) is 6.